The van der Waals surface area contributed by atoms with Crippen LogP contribution in [0.15, 0.2) is 24.3 Å². The number of hydrogen-bond donors (Lipinski definition) is 0. The van der Waals surface area contributed by atoms with E-state index < -0.39 is 6.10 Å². The van der Waals surface area contributed by atoms with Crippen molar-refractivity contribution in [3.63, 3.8) is 0 Å². The fourth-order valence-corrected chi connectivity index (χ4v) is 9.44. The van der Waals surface area contributed by atoms with Crippen LogP contribution in [0.2, 0.25) is 0 Å². The number of carbonyl (C=O) groups excluding carboxylic acids is 3. The van der Waals surface area contributed by atoms with Gasteiger partial charge in [0.25, 0.3) is 0 Å². The average molecular weight is 986 g/mol. The molecule has 70 heavy (non-hydrogen) atoms. The van der Waals surface area contributed by atoms with E-state index in [1.165, 1.54) is 244 Å². The lowest BCUT2D eigenvalue weighted by atomic mass is 10.0. The zero-order chi connectivity index (χ0) is 50.7. The van der Waals surface area contributed by atoms with Crippen LogP contribution in [0.3, 0.4) is 0 Å². The van der Waals surface area contributed by atoms with Crippen molar-refractivity contribution < 1.29 is 28.6 Å². The van der Waals surface area contributed by atoms with Crippen molar-refractivity contribution in [2.75, 3.05) is 13.2 Å². The van der Waals surface area contributed by atoms with Crippen molar-refractivity contribution in [1.29, 1.82) is 0 Å². The molecule has 0 saturated carbocycles. The third-order valence-electron chi connectivity index (χ3n) is 14.2. The van der Waals surface area contributed by atoms with Crippen LogP contribution < -0.4 is 0 Å². The summed E-state index contributed by atoms with van der Waals surface area (Å²) in [5, 5.41) is 0. The summed E-state index contributed by atoms with van der Waals surface area (Å²) in [6.45, 7) is 6.68. The minimum Gasteiger partial charge on any atom is -0.462 e. The number of carbonyl (C=O) groups is 3. The zero-order valence-corrected chi connectivity index (χ0v) is 47.3. The molecule has 0 aliphatic rings. The smallest absolute Gasteiger partial charge is 0.306 e. The lowest BCUT2D eigenvalue weighted by Gasteiger charge is -2.18. The molecule has 0 aliphatic carbocycles. The van der Waals surface area contributed by atoms with Gasteiger partial charge in [-0.15, -0.1) is 0 Å². The molecule has 0 aliphatic heterocycles. The molecule has 0 aromatic carbocycles. The van der Waals surface area contributed by atoms with E-state index in [4.69, 9.17) is 14.2 Å². The van der Waals surface area contributed by atoms with E-state index in [-0.39, 0.29) is 31.1 Å². The second-order valence-electron chi connectivity index (χ2n) is 21.3. The molecular formula is C64H120O6. The largest absolute Gasteiger partial charge is 0.462 e. The highest BCUT2D eigenvalue weighted by Crippen LogP contribution is 2.17. The van der Waals surface area contributed by atoms with Crippen molar-refractivity contribution in [3.8, 4) is 0 Å². The fourth-order valence-electron chi connectivity index (χ4n) is 9.44. The highest BCUT2D eigenvalue weighted by atomic mass is 16.6. The lowest BCUT2D eigenvalue weighted by molar-refractivity contribution is -0.167. The maximum Gasteiger partial charge on any atom is 0.306 e. The average Bonchev–Trinajstić information content (AvgIpc) is 3.36. The van der Waals surface area contributed by atoms with Crippen molar-refractivity contribution in [3.05, 3.63) is 24.3 Å². The molecule has 6 heteroatoms. The third kappa shape index (κ3) is 56.8. The van der Waals surface area contributed by atoms with Gasteiger partial charge in [0.1, 0.15) is 13.2 Å². The molecule has 0 bridgehead atoms. The van der Waals surface area contributed by atoms with Gasteiger partial charge in [0.15, 0.2) is 6.10 Å². The summed E-state index contributed by atoms with van der Waals surface area (Å²) in [5.74, 6) is -0.869. The van der Waals surface area contributed by atoms with Gasteiger partial charge < -0.3 is 14.2 Å². The Bertz CT molecular complexity index is 1130. The van der Waals surface area contributed by atoms with Crippen LogP contribution in [0.25, 0.3) is 0 Å². The first kappa shape index (κ1) is 67.9. The molecule has 0 aromatic heterocycles. The molecule has 0 aromatic rings. The monoisotopic (exact) mass is 985 g/mol. The van der Waals surface area contributed by atoms with E-state index in [1.54, 1.807) is 0 Å². The molecule has 412 valence electrons. The van der Waals surface area contributed by atoms with Crippen molar-refractivity contribution in [2.24, 2.45) is 0 Å². The normalized spacial score (nSPS) is 12.1. The molecule has 0 amide bonds. The molecule has 0 rings (SSSR count). The first-order valence-corrected chi connectivity index (χ1v) is 31.3. The Morgan fingerprint density at radius 1 is 0.271 bits per heavy atom. The van der Waals surface area contributed by atoms with E-state index in [0.29, 0.717) is 19.3 Å². The number of unbranched alkanes of at least 4 members (excludes halogenated alkanes) is 43. The van der Waals surface area contributed by atoms with Gasteiger partial charge in [-0.05, 0) is 70.6 Å². The van der Waals surface area contributed by atoms with Gasteiger partial charge in [-0.2, -0.15) is 0 Å². The van der Waals surface area contributed by atoms with Gasteiger partial charge in [-0.1, -0.05) is 283 Å². The number of hydrogen-bond acceptors (Lipinski definition) is 6. The molecule has 0 radical (unpaired) electrons. The van der Waals surface area contributed by atoms with Crippen LogP contribution in [-0.2, 0) is 28.6 Å². The number of rotatable bonds is 58. The van der Waals surface area contributed by atoms with Gasteiger partial charge in [-0.3, -0.25) is 14.4 Å². The van der Waals surface area contributed by atoms with Gasteiger partial charge in [0.05, 0.1) is 0 Å². The van der Waals surface area contributed by atoms with Crippen molar-refractivity contribution in [1.82, 2.24) is 0 Å². The van der Waals surface area contributed by atoms with Crippen LogP contribution in [0.4, 0.5) is 0 Å². The zero-order valence-electron chi connectivity index (χ0n) is 47.3. The number of ether oxygens (including phenoxy) is 3. The minimum absolute atomic E-state index is 0.0736. The summed E-state index contributed by atoms with van der Waals surface area (Å²) in [6.07, 6.45) is 70.4. The predicted molar refractivity (Wildman–Crippen MR) is 303 cm³/mol. The SMILES string of the molecule is CCCCCCCCC/C=C\CCCCCC(=O)OCC(COC(=O)CCCCCCCCC/C=C\CCCCCCCCCC)OC(=O)CCCCCCCCCCCCCCCCCCCCC. The van der Waals surface area contributed by atoms with Crippen LogP contribution in [-0.4, -0.2) is 37.2 Å². The number of esters is 3. The van der Waals surface area contributed by atoms with Gasteiger partial charge in [0, 0.05) is 19.3 Å². The Balaban J connectivity index is 4.32. The Kier molecular flexibility index (Phi) is 57.7. The molecule has 1 unspecified atom stereocenters. The van der Waals surface area contributed by atoms with Crippen molar-refractivity contribution >= 4 is 17.9 Å². The van der Waals surface area contributed by atoms with E-state index in [9.17, 15) is 14.4 Å². The quantitative estimate of drug-likeness (QED) is 0.0261. The maximum absolute atomic E-state index is 12.9. The van der Waals surface area contributed by atoms with Gasteiger partial charge in [-0.25, -0.2) is 0 Å². The highest BCUT2D eigenvalue weighted by molar-refractivity contribution is 5.71. The van der Waals surface area contributed by atoms with Crippen LogP contribution in [0, 0.1) is 0 Å². The predicted octanol–water partition coefficient (Wildman–Crippen LogP) is 21.1. The summed E-state index contributed by atoms with van der Waals surface area (Å²) in [4.78, 5) is 38.2. The summed E-state index contributed by atoms with van der Waals surface area (Å²) < 4.78 is 16.9. The molecule has 0 spiro atoms. The summed E-state index contributed by atoms with van der Waals surface area (Å²) in [7, 11) is 0. The first-order valence-electron chi connectivity index (χ1n) is 31.3. The van der Waals surface area contributed by atoms with Gasteiger partial charge >= 0.3 is 17.9 Å². The molecule has 0 fully saturated rings. The molecule has 6 nitrogen and oxygen atoms in total. The third-order valence-corrected chi connectivity index (χ3v) is 14.2. The molecule has 0 saturated heterocycles. The first-order chi connectivity index (χ1) is 34.5. The van der Waals surface area contributed by atoms with E-state index in [1.807, 2.05) is 0 Å². The van der Waals surface area contributed by atoms with Gasteiger partial charge in [0.2, 0.25) is 0 Å². The van der Waals surface area contributed by atoms with Crippen LogP contribution >= 0.6 is 0 Å². The maximum atomic E-state index is 12.9. The second-order valence-corrected chi connectivity index (χ2v) is 21.3. The fraction of sp³-hybridized carbons (Fsp3) is 0.891. The van der Waals surface area contributed by atoms with Crippen molar-refractivity contribution in [2.45, 2.75) is 354 Å². The Morgan fingerprint density at radius 2 is 0.471 bits per heavy atom. The molecule has 0 N–H and O–H groups in total. The summed E-state index contributed by atoms with van der Waals surface area (Å²) in [6, 6.07) is 0. The van der Waals surface area contributed by atoms with E-state index >= 15 is 0 Å². The van der Waals surface area contributed by atoms with E-state index in [2.05, 4.69) is 45.1 Å². The molecular weight excluding hydrogens is 865 g/mol. The van der Waals surface area contributed by atoms with E-state index in [0.717, 1.165) is 64.2 Å². The Morgan fingerprint density at radius 3 is 0.729 bits per heavy atom. The molecule has 0 heterocycles. The summed E-state index contributed by atoms with van der Waals surface area (Å²) in [5.41, 5.74) is 0. The highest BCUT2D eigenvalue weighted by Gasteiger charge is 2.19. The number of allylic oxidation sites excluding steroid dienone is 4. The minimum atomic E-state index is -0.776. The standard InChI is InChI=1S/C64H120O6/c1-4-7-10-13-16-19-22-25-28-30-32-34-36-39-42-45-48-51-54-57-63(66)69-60-61(59-68-62(65)56-53-50-47-44-41-38-27-24-21-18-15-12-9-6-3)70-64(67)58-55-52-49-46-43-40-37-35-33-31-29-26-23-20-17-14-11-8-5-2/h30,32,38,41,61H,4-29,31,33-37,39-40,42-60H2,1-3H3/b32-30-,41-38-. The molecule has 1 atom stereocenters. The van der Waals surface area contributed by atoms with Crippen LogP contribution in [0.5, 0.6) is 0 Å². The Hall–Kier alpha value is -2.11. The van der Waals surface area contributed by atoms with Crippen LogP contribution in [0.1, 0.15) is 348 Å². The topological polar surface area (TPSA) is 78.9 Å². The Labute approximate surface area is 436 Å². The summed E-state index contributed by atoms with van der Waals surface area (Å²) >= 11 is 0. The lowest BCUT2D eigenvalue weighted by Crippen LogP contribution is -2.30. The second kappa shape index (κ2) is 59.5.